The Labute approximate surface area is 80.5 Å². The van der Waals surface area contributed by atoms with Crippen molar-refractivity contribution in [3.63, 3.8) is 0 Å². The van der Waals surface area contributed by atoms with Gasteiger partial charge in [0, 0.05) is 13.2 Å². The third-order valence-electron chi connectivity index (χ3n) is 1.11. The van der Waals surface area contributed by atoms with E-state index in [1.165, 1.54) is 0 Å². The average Bonchev–Trinajstić information content (AvgIpc) is 2.16. The van der Waals surface area contributed by atoms with Crippen LogP contribution in [0.3, 0.4) is 0 Å². The normalized spacial score (nSPS) is 11.8. The topological polar surface area (TPSA) is 58.9 Å². The summed E-state index contributed by atoms with van der Waals surface area (Å²) in [6, 6.07) is 0. The Morgan fingerprint density at radius 3 is 1.92 bits per heavy atom. The van der Waals surface area contributed by atoms with Gasteiger partial charge < -0.3 is 19.7 Å². The molecule has 0 amide bonds. The van der Waals surface area contributed by atoms with Crippen LogP contribution in [-0.2, 0) is 9.47 Å². The Morgan fingerprint density at radius 1 is 1.08 bits per heavy atom. The van der Waals surface area contributed by atoms with E-state index in [9.17, 15) is 0 Å². The van der Waals surface area contributed by atoms with Gasteiger partial charge in [-0.3, -0.25) is 0 Å². The van der Waals surface area contributed by atoms with Gasteiger partial charge in [0.05, 0.1) is 25.9 Å². The molecule has 0 bridgehead atoms. The zero-order valence-electron chi connectivity index (χ0n) is 8.82. The van der Waals surface area contributed by atoms with Gasteiger partial charge in [-0.25, -0.2) is 0 Å². The number of ether oxygens (including phenoxy) is 2. The minimum atomic E-state index is -0.125. The molecule has 0 radical (unpaired) electrons. The van der Waals surface area contributed by atoms with Crippen LogP contribution in [0.4, 0.5) is 0 Å². The van der Waals surface area contributed by atoms with Crippen LogP contribution in [0.2, 0.25) is 0 Å². The highest BCUT2D eigenvalue weighted by Crippen LogP contribution is 1.90. The molecule has 0 heterocycles. The Balaban J connectivity index is 0. The number of aliphatic hydroxyl groups is 2. The van der Waals surface area contributed by atoms with Gasteiger partial charge in [0.2, 0.25) is 0 Å². The van der Waals surface area contributed by atoms with E-state index in [-0.39, 0.29) is 19.3 Å². The molecule has 0 aromatic rings. The number of hydrogen-bond acceptors (Lipinski definition) is 4. The van der Waals surface area contributed by atoms with E-state index in [4.69, 9.17) is 19.7 Å². The van der Waals surface area contributed by atoms with Crippen molar-refractivity contribution in [2.24, 2.45) is 0 Å². The van der Waals surface area contributed by atoms with Crippen LogP contribution in [0, 0.1) is 0 Å². The molecule has 2 N–H and O–H groups in total. The lowest BCUT2D eigenvalue weighted by molar-refractivity contribution is 0.00215. The lowest BCUT2D eigenvalue weighted by Gasteiger charge is -2.09. The van der Waals surface area contributed by atoms with E-state index in [0.29, 0.717) is 6.61 Å². The summed E-state index contributed by atoms with van der Waals surface area (Å²) in [6.45, 7) is 8.00. The fourth-order valence-corrected chi connectivity index (χ4v) is 0.616. The second kappa shape index (κ2) is 14.4. The third kappa shape index (κ3) is 18.7. The average molecular weight is 194 g/mol. The lowest BCUT2D eigenvalue weighted by atomic mass is 10.4. The van der Waals surface area contributed by atoms with Crippen LogP contribution in [0.5, 0.6) is 0 Å². The van der Waals surface area contributed by atoms with Gasteiger partial charge in [-0.2, -0.15) is 0 Å². The molecule has 13 heavy (non-hydrogen) atoms. The van der Waals surface area contributed by atoms with Crippen LogP contribution in [0.25, 0.3) is 0 Å². The fourth-order valence-electron chi connectivity index (χ4n) is 0.616. The lowest BCUT2D eigenvalue weighted by Crippen LogP contribution is -2.15. The maximum atomic E-state index is 7.62. The highest BCUT2D eigenvalue weighted by Gasteiger charge is 1.97. The van der Waals surface area contributed by atoms with Crippen molar-refractivity contribution in [3.05, 3.63) is 0 Å². The molecule has 0 fully saturated rings. The van der Waals surface area contributed by atoms with Crippen molar-refractivity contribution in [2.45, 2.75) is 26.9 Å². The standard InChI is InChI=1S/C7H16O2.C2H6O2/c1-4-8-6-7(3)9-5-2;3-1-2-4/h7H,4-6H2,1-3H3;3-4H,1-2H2. The molecule has 1 atom stereocenters. The molecule has 82 valence electrons. The van der Waals surface area contributed by atoms with Crippen LogP contribution >= 0.6 is 0 Å². The number of hydrogen-bond donors (Lipinski definition) is 2. The van der Waals surface area contributed by atoms with Gasteiger partial charge in [0.15, 0.2) is 0 Å². The Morgan fingerprint density at radius 2 is 1.62 bits per heavy atom. The first-order chi connectivity index (χ1) is 6.22. The summed E-state index contributed by atoms with van der Waals surface area (Å²) in [6.07, 6.45) is 0.245. The van der Waals surface area contributed by atoms with Gasteiger partial charge in [0.1, 0.15) is 0 Å². The van der Waals surface area contributed by atoms with Gasteiger partial charge in [-0.05, 0) is 20.8 Å². The molecule has 4 heteroatoms. The van der Waals surface area contributed by atoms with Crippen LogP contribution in [0.1, 0.15) is 20.8 Å². The SMILES string of the molecule is CCOCC(C)OCC.OCCO. The maximum Gasteiger partial charge on any atom is 0.0780 e. The molecule has 0 saturated carbocycles. The van der Waals surface area contributed by atoms with Gasteiger partial charge in [-0.15, -0.1) is 0 Å². The first-order valence-electron chi connectivity index (χ1n) is 4.63. The Bertz CT molecular complexity index is 76.0. The largest absolute Gasteiger partial charge is 0.394 e. The van der Waals surface area contributed by atoms with Crippen LogP contribution < -0.4 is 0 Å². The fraction of sp³-hybridized carbons (Fsp3) is 1.00. The molecule has 0 rings (SSSR count). The van der Waals surface area contributed by atoms with Gasteiger partial charge in [-0.1, -0.05) is 0 Å². The predicted octanol–water partition coefficient (Wildman–Crippen LogP) is 0.419. The van der Waals surface area contributed by atoms with E-state index < -0.39 is 0 Å². The zero-order valence-corrected chi connectivity index (χ0v) is 8.82. The summed E-state index contributed by atoms with van der Waals surface area (Å²) < 4.78 is 10.3. The second-order valence-corrected chi connectivity index (χ2v) is 2.37. The van der Waals surface area contributed by atoms with Gasteiger partial charge >= 0.3 is 0 Å². The molecule has 0 aromatic carbocycles. The molecular formula is C9H22O4. The van der Waals surface area contributed by atoms with E-state index in [2.05, 4.69) is 0 Å². The summed E-state index contributed by atoms with van der Waals surface area (Å²) in [5.41, 5.74) is 0. The van der Waals surface area contributed by atoms with Crippen molar-refractivity contribution in [2.75, 3.05) is 33.0 Å². The molecule has 1 unspecified atom stereocenters. The maximum absolute atomic E-state index is 7.62. The van der Waals surface area contributed by atoms with Crippen molar-refractivity contribution < 1.29 is 19.7 Å². The van der Waals surface area contributed by atoms with Crippen molar-refractivity contribution in [1.29, 1.82) is 0 Å². The first kappa shape index (κ1) is 15.3. The van der Waals surface area contributed by atoms with Crippen molar-refractivity contribution in [1.82, 2.24) is 0 Å². The highest BCUT2D eigenvalue weighted by molar-refractivity contribution is 4.44. The minimum Gasteiger partial charge on any atom is -0.394 e. The minimum absolute atomic E-state index is 0.125. The smallest absolute Gasteiger partial charge is 0.0780 e. The number of aliphatic hydroxyl groups excluding tert-OH is 2. The molecule has 0 spiro atoms. The number of rotatable bonds is 6. The Kier molecular flexibility index (Phi) is 16.9. The van der Waals surface area contributed by atoms with Crippen LogP contribution in [0.15, 0.2) is 0 Å². The Hall–Kier alpha value is -0.160. The van der Waals surface area contributed by atoms with Crippen LogP contribution in [-0.4, -0.2) is 49.4 Å². The summed E-state index contributed by atoms with van der Waals surface area (Å²) in [4.78, 5) is 0. The molecular weight excluding hydrogens is 172 g/mol. The molecule has 0 aromatic heterocycles. The second-order valence-electron chi connectivity index (χ2n) is 2.37. The highest BCUT2D eigenvalue weighted by atomic mass is 16.5. The van der Waals surface area contributed by atoms with E-state index >= 15 is 0 Å². The summed E-state index contributed by atoms with van der Waals surface area (Å²) in [7, 11) is 0. The summed E-state index contributed by atoms with van der Waals surface area (Å²) in [5, 5.41) is 15.2. The third-order valence-corrected chi connectivity index (χ3v) is 1.11. The van der Waals surface area contributed by atoms with E-state index in [1.54, 1.807) is 0 Å². The predicted molar refractivity (Wildman–Crippen MR) is 51.8 cm³/mol. The molecule has 4 nitrogen and oxygen atoms in total. The van der Waals surface area contributed by atoms with Gasteiger partial charge in [0.25, 0.3) is 0 Å². The summed E-state index contributed by atoms with van der Waals surface area (Å²) >= 11 is 0. The molecule has 0 aliphatic heterocycles. The van der Waals surface area contributed by atoms with Crippen molar-refractivity contribution >= 4 is 0 Å². The zero-order chi connectivity index (χ0) is 10.5. The van der Waals surface area contributed by atoms with E-state index in [0.717, 1.165) is 13.2 Å². The molecule has 0 saturated heterocycles. The molecule has 0 aliphatic carbocycles. The summed E-state index contributed by atoms with van der Waals surface area (Å²) in [5.74, 6) is 0. The van der Waals surface area contributed by atoms with E-state index in [1.807, 2.05) is 20.8 Å². The quantitative estimate of drug-likeness (QED) is 0.643. The van der Waals surface area contributed by atoms with Crippen molar-refractivity contribution in [3.8, 4) is 0 Å². The first-order valence-corrected chi connectivity index (χ1v) is 4.63. The molecule has 0 aliphatic rings. The monoisotopic (exact) mass is 194 g/mol.